The standard InChI is InChI=1S/C13H18FNO3/c1-13(2,15)7-8-5-9(12(16)18-4)11(17-3)10(14)6-8/h5-6H,7,15H2,1-4H3. The molecule has 0 atom stereocenters. The molecule has 1 aromatic carbocycles. The number of carbonyl (C=O) groups is 1. The lowest BCUT2D eigenvalue weighted by Crippen LogP contribution is -2.34. The van der Waals surface area contributed by atoms with Crippen LogP contribution in [0.4, 0.5) is 4.39 Å². The minimum atomic E-state index is -0.637. The summed E-state index contributed by atoms with van der Waals surface area (Å²) in [7, 11) is 2.54. The normalized spacial score (nSPS) is 11.2. The molecule has 1 aromatic rings. The van der Waals surface area contributed by atoms with Gasteiger partial charge in [0, 0.05) is 5.54 Å². The molecule has 0 radical (unpaired) electrons. The van der Waals surface area contributed by atoms with Crippen LogP contribution in [0.3, 0.4) is 0 Å². The second kappa shape index (κ2) is 5.35. The van der Waals surface area contributed by atoms with E-state index in [9.17, 15) is 9.18 Å². The molecular formula is C13H18FNO3. The monoisotopic (exact) mass is 255 g/mol. The highest BCUT2D eigenvalue weighted by Gasteiger charge is 2.20. The van der Waals surface area contributed by atoms with Crippen molar-refractivity contribution < 1.29 is 18.7 Å². The molecule has 2 N–H and O–H groups in total. The van der Waals surface area contributed by atoms with Gasteiger partial charge in [-0.3, -0.25) is 0 Å². The van der Waals surface area contributed by atoms with E-state index in [1.165, 1.54) is 20.3 Å². The van der Waals surface area contributed by atoms with Gasteiger partial charge in [0.1, 0.15) is 5.56 Å². The Morgan fingerprint density at radius 2 is 2.00 bits per heavy atom. The zero-order valence-corrected chi connectivity index (χ0v) is 11.0. The summed E-state index contributed by atoms with van der Waals surface area (Å²) in [5, 5.41) is 0. The summed E-state index contributed by atoms with van der Waals surface area (Å²) >= 11 is 0. The molecular weight excluding hydrogens is 237 g/mol. The number of carbonyl (C=O) groups excluding carboxylic acids is 1. The number of hydrogen-bond acceptors (Lipinski definition) is 4. The maximum atomic E-state index is 13.8. The van der Waals surface area contributed by atoms with Gasteiger partial charge >= 0.3 is 5.97 Å². The Morgan fingerprint density at radius 1 is 1.39 bits per heavy atom. The highest BCUT2D eigenvalue weighted by Crippen LogP contribution is 2.26. The molecule has 18 heavy (non-hydrogen) atoms. The Morgan fingerprint density at radius 3 is 2.44 bits per heavy atom. The van der Waals surface area contributed by atoms with Crippen molar-refractivity contribution in [3.63, 3.8) is 0 Å². The zero-order valence-electron chi connectivity index (χ0n) is 11.0. The molecule has 0 spiro atoms. The Kier molecular flexibility index (Phi) is 4.29. The number of hydrogen-bond donors (Lipinski definition) is 1. The van der Waals surface area contributed by atoms with Crippen LogP contribution in [0.1, 0.15) is 29.8 Å². The van der Waals surface area contributed by atoms with Gasteiger partial charge in [0.25, 0.3) is 0 Å². The molecule has 4 nitrogen and oxygen atoms in total. The van der Waals surface area contributed by atoms with Crippen LogP contribution in [-0.4, -0.2) is 25.7 Å². The second-order valence-electron chi connectivity index (χ2n) is 4.82. The van der Waals surface area contributed by atoms with Crippen LogP contribution in [0.25, 0.3) is 0 Å². The highest BCUT2D eigenvalue weighted by molar-refractivity contribution is 5.92. The van der Waals surface area contributed by atoms with Gasteiger partial charge in [-0.1, -0.05) is 0 Å². The Balaban J connectivity index is 3.26. The van der Waals surface area contributed by atoms with Crippen molar-refractivity contribution in [3.05, 3.63) is 29.1 Å². The number of ether oxygens (including phenoxy) is 2. The fraction of sp³-hybridized carbons (Fsp3) is 0.462. The highest BCUT2D eigenvalue weighted by atomic mass is 19.1. The third-order valence-corrected chi connectivity index (χ3v) is 2.37. The summed E-state index contributed by atoms with van der Waals surface area (Å²) in [6.45, 7) is 3.65. The van der Waals surface area contributed by atoms with Crippen LogP contribution >= 0.6 is 0 Å². The van der Waals surface area contributed by atoms with Gasteiger partial charge in [0.2, 0.25) is 0 Å². The van der Waals surface area contributed by atoms with E-state index in [-0.39, 0.29) is 11.3 Å². The second-order valence-corrected chi connectivity index (χ2v) is 4.82. The van der Waals surface area contributed by atoms with E-state index in [1.54, 1.807) is 6.07 Å². The van der Waals surface area contributed by atoms with Crippen molar-refractivity contribution in [2.24, 2.45) is 5.73 Å². The van der Waals surface area contributed by atoms with E-state index in [0.29, 0.717) is 12.0 Å². The van der Waals surface area contributed by atoms with E-state index >= 15 is 0 Å². The smallest absolute Gasteiger partial charge is 0.341 e. The number of esters is 1. The molecule has 0 heterocycles. The predicted molar refractivity (Wildman–Crippen MR) is 66.3 cm³/mol. The molecule has 0 saturated carbocycles. The summed E-state index contributed by atoms with van der Waals surface area (Å²) < 4.78 is 23.3. The topological polar surface area (TPSA) is 61.5 Å². The fourth-order valence-corrected chi connectivity index (χ4v) is 1.75. The van der Waals surface area contributed by atoms with Gasteiger partial charge in [-0.2, -0.15) is 0 Å². The van der Waals surface area contributed by atoms with Crippen molar-refractivity contribution in [1.29, 1.82) is 0 Å². The van der Waals surface area contributed by atoms with Gasteiger partial charge in [-0.05, 0) is 38.0 Å². The van der Waals surface area contributed by atoms with E-state index < -0.39 is 17.3 Å². The van der Waals surface area contributed by atoms with E-state index in [1.807, 2.05) is 13.8 Å². The SMILES string of the molecule is COC(=O)c1cc(CC(C)(C)N)cc(F)c1OC. The molecule has 0 fully saturated rings. The van der Waals surface area contributed by atoms with Crippen molar-refractivity contribution in [2.45, 2.75) is 25.8 Å². The first-order valence-electron chi connectivity index (χ1n) is 5.52. The number of rotatable bonds is 4. The quantitative estimate of drug-likeness (QED) is 0.835. The number of methoxy groups -OCH3 is 2. The average Bonchev–Trinajstić information content (AvgIpc) is 2.25. The van der Waals surface area contributed by atoms with Crippen LogP contribution < -0.4 is 10.5 Å². The average molecular weight is 255 g/mol. The summed E-state index contributed by atoms with van der Waals surface area (Å²) in [5.74, 6) is -1.34. The maximum absolute atomic E-state index is 13.8. The number of halogens is 1. The van der Waals surface area contributed by atoms with Crippen LogP contribution in [-0.2, 0) is 11.2 Å². The molecule has 0 amide bonds. The molecule has 0 saturated heterocycles. The third kappa shape index (κ3) is 3.43. The van der Waals surface area contributed by atoms with Crippen molar-refractivity contribution in [1.82, 2.24) is 0 Å². The fourth-order valence-electron chi connectivity index (χ4n) is 1.75. The molecule has 100 valence electrons. The Hall–Kier alpha value is -1.62. The van der Waals surface area contributed by atoms with Gasteiger partial charge in [0.15, 0.2) is 11.6 Å². The predicted octanol–water partition coefficient (Wildman–Crippen LogP) is 1.90. The summed E-state index contributed by atoms with van der Waals surface area (Å²) in [6, 6.07) is 2.86. The van der Waals surface area contributed by atoms with E-state index in [4.69, 9.17) is 10.5 Å². The summed E-state index contributed by atoms with van der Waals surface area (Å²) in [6.07, 6.45) is 0.442. The lowest BCUT2D eigenvalue weighted by molar-refractivity contribution is 0.0596. The Labute approximate surface area is 106 Å². The third-order valence-electron chi connectivity index (χ3n) is 2.37. The van der Waals surface area contributed by atoms with Crippen LogP contribution in [0.5, 0.6) is 5.75 Å². The van der Waals surface area contributed by atoms with Crippen molar-refractivity contribution in [2.75, 3.05) is 14.2 Å². The molecule has 0 aliphatic heterocycles. The molecule has 5 heteroatoms. The lowest BCUT2D eigenvalue weighted by atomic mass is 9.94. The van der Waals surface area contributed by atoms with Gasteiger partial charge in [-0.15, -0.1) is 0 Å². The maximum Gasteiger partial charge on any atom is 0.341 e. The number of benzene rings is 1. The first kappa shape index (κ1) is 14.4. The number of nitrogens with two attached hydrogens (primary N) is 1. The van der Waals surface area contributed by atoms with Crippen molar-refractivity contribution in [3.8, 4) is 5.75 Å². The molecule has 0 unspecified atom stereocenters. The van der Waals surface area contributed by atoms with Gasteiger partial charge in [-0.25, -0.2) is 9.18 Å². The summed E-state index contributed by atoms with van der Waals surface area (Å²) in [4.78, 5) is 11.6. The summed E-state index contributed by atoms with van der Waals surface area (Å²) in [5.41, 5.74) is 6.08. The van der Waals surface area contributed by atoms with Crippen LogP contribution in [0.15, 0.2) is 12.1 Å². The van der Waals surface area contributed by atoms with E-state index in [2.05, 4.69) is 4.74 Å². The minimum Gasteiger partial charge on any atom is -0.493 e. The largest absolute Gasteiger partial charge is 0.493 e. The molecule has 0 aliphatic rings. The van der Waals surface area contributed by atoms with Crippen LogP contribution in [0, 0.1) is 5.82 Å². The van der Waals surface area contributed by atoms with Crippen molar-refractivity contribution >= 4 is 5.97 Å². The minimum absolute atomic E-state index is 0.0688. The molecule has 0 bridgehead atoms. The lowest BCUT2D eigenvalue weighted by Gasteiger charge is -2.19. The van der Waals surface area contributed by atoms with Crippen LogP contribution in [0.2, 0.25) is 0 Å². The van der Waals surface area contributed by atoms with Gasteiger partial charge < -0.3 is 15.2 Å². The first-order chi connectivity index (χ1) is 8.28. The first-order valence-corrected chi connectivity index (χ1v) is 5.52. The molecule has 0 aromatic heterocycles. The molecule has 0 aliphatic carbocycles. The van der Waals surface area contributed by atoms with E-state index in [0.717, 1.165) is 0 Å². The zero-order chi connectivity index (χ0) is 13.9. The van der Waals surface area contributed by atoms with Gasteiger partial charge in [0.05, 0.1) is 14.2 Å². The molecule has 1 rings (SSSR count). The Bertz CT molecular complexity index is 452.